The topological polar surface area (TPSA) is 20.2 Å². The van der Waals surface area contributed by atoms with Crippen molar-refractivity contribution in [3.63, 3.8) is 0 Å². The Hall–Kier alpha value is 0.0500. The summed E-state index contributed by atoms with van der Waals surface area (Å²) in [5.74, 6) is 1.83. The molecule has 0 aromatic carbocycles. The summed E-state index contributed by atoms with van der Waals surface area (Å²) in [5, 5.41) is 8.58. The lowest BCUT2D eigenvalue weighted by Gasteiger charge is -2.03. The van der Waals surface area contributed by atoms with E-state index in [1.54, 1.807) is 11.8 Å². The zero-order chi connectivity index (χ0) is 7.98. The van der Waals surface area contributed by atoms with E-state index >= 15 is 0 Å². The van der Waals surface area contributed by atoms with Crippen LogP contribution in [-0.4, -0.2) is 17.5 Å². The third-order valence-corrected chi connectivity index (χ3v) is 2.15. The number of hydrogen-bond donors (Lipinski definition) is 1. The van der Waals surface area contributed by atoms with Gasteiger partial charge in [0.2, 0.25) is 0 Å². The third kappa shape index (κ3) is 6.17. The molecule has 0 aliphatic carbocycles. The Morgan fingerprint density at radius 1 is 1.60 bits per heavy atom. The molecule has 10 heavy (non-hydrogen) atoms. The summed E-state index contributed by atoms with van der Waals surface area (Å²) in [4.78, 5) is 0.876. The van der Waals surface area contributed by atoms with Gasteiger partial charge in [0.1, 0.15) is 0 Å². The first-order valence-corrected chi connectivity index (χ1v) is 4.56. The molecule has 0 heterocycles. The third-order valence-electron chi connectivity index (χ3n) is 1.18. The van der Waals surface area contributed by atoms with Crippen LogP contribution in [0.3, 0.4) is 0 Å². The summed E-state index contributed by atoms with van der Waals surface area (Å²) < 4.78 is 0. The van der Waals surface area contributed by atoms with Gasteiger partial charge < -0.3 is 5.11 Å². The van der Waals surface area contributed by atoms with Crippen molar-refractivity contribution in [2.24, 2.45) is 5.92 Å². The molecule has 0 radical (unpaired) electrons. The van der Waals surface area contributed by atoms with E-state index in [9.17, 15) is 0 Å². The molecule has 0 aromatic heterocycles. The summed E-state index contributed by atoms with van der Waals surface area (Å²) in [7, 11) is 0. The van der Waals surface area contributed by atoms with Crippen LogP contribution in [0.15, 0.2) is 11.5 Å². The van der Waals surface area contributed by atoms with Crippen LogP contribution in [-0.2, 0) is 0 Å². The fraction of sp³-hybridized carbons (Fsp3) is 0.750. The average molecular weight is 160 g/mol. The van der Waals surface area contributed by atoms with Crippen molar-refractivity contribution < 1.29 is 5.11 Å². The minimum atomic E-state index is 0.114. The molecule has 0 aromatic rings. The Morgan fingerprint density at radius 2 is 2.20 bits per heavy atom. The highest BCUT2D eigenvalue weighted by Crippen LogP contribution is 2.15. The Bertz CT molecular complexity index is 99.4. The van der Waals surface area contributed by atoms with Crippen molar-refractivity contribution in [3.05, 3.63) is 11.5 Å². The zero-order valence-electron chi connectivity index (χ0n) is 6.76. The Morgan fingerprint density at radius 3 is 2.60 bits per heavy atom. The van der Waals surface area contributed by atoms with Gasteiger partial charge >= 0.3 is 0 Å². The first kappa shape index (κ1) is 10.0. The van der Waals surface area contributed by atoms with Crippen LogP contribution in [0.25, 0.3) is 0 Å². The number of aliphatic hydroxyl groups is 1. The first-order chi connectivity index (χ1) is 4.66. The second-order valence-electron chi connectivity index (χ2n) is 2.73. The zero-order valence-corrected chi connectivity index (χ0v) is 7.58. The van der Waals surface area contributed by atoms with Crippen LogP contribution < -0.4 is 0 Å². The van der Waals surface area contributed by atoms with Crippen molar-refractivity contribution in [3.8, 4) is 0 Å². The molecule has 1 nitrogen and oxygen atoms in total. The van der Waals surface area contributed by atoms with Crippen LogP contribution in [0.4, 0.5) is 0 Å². The molecule has 0 fully saturated rings. The van der Waals surface area contributed by atoms with E-state index in [0.29, 0.717) is 0 Å². The van der Waals surface area contributed by atoms with Gasteiger partial charge in [-0.2, -0.15) is 0 Å². The molecule has 60 valence electrons. The van der Waals surface area contributed by atoms with Gasteiger partial charge in [0.25, 0.3) is 0 Å². The van der Waals surface area contributed by atoms with E-state index < -0.39 is 0 Å². The maximum Gasteiger partial charge on any atom is 0.0734 e. The molecule has 0 bridgehead atoms. The molecule has 0 spiro atoms. The van der Waals surface area contributed by atoms with Crippen LogP contribution >= 0.6 is 11.8 Å². The molecule has 0 atom stereocenters. The van der Waals surface area contributed by atoms with Gasteiger partial charge in [0.15, 0.2) is 0 Å². The largest absolute Gasteiger partial charge is 0.391 e. The summed E-state index contributed by atoms with van der Waals surface area (Å²) in [6.07, 6.45) is 1.20. The molecule has 0 amide bonds. The molecule has 0 saturated heterocycles. The van der Waals surface area contributed by atoms with Gasteiger partial charge in [0, 0.05) is 4.91 Å². The standard InChI is InChI=1S/C8H16OS/c1-7(2)4-5-10-8(3)6-9/h7,9H,3-6H2,1-2H3. The number of hydrogen-bond acceptors (Lipinski definition) is 2. The van der Waals surface area contributed by atoms with Crippen LogP contribution in [0.5, 0.6) is 0 Å². The second kappa shape index (κ2) is 5.81. The fourth-order valence-corrected chi connectivity index (χ4v) is 1.45. The van der Waals surface area contributed by atoms with E-state index in [0.717, 1.165) is 16.6 Å². The maximum absolute atomic E-state index is 8.58. The highest BCUT2D eigenvalue weighted by atomic mass is 32.2. The molecule has 0 unspecified atom stereocenters. The summed E-state index contributed by atoms with van der Waals surface area (Å²) in [6, 6.07) is 0. The van der Waals surface area contributed by atoms with Crippen LogP contribution in [0.1, 0.15) is 20.3 Å². The quantitative estimate of drug-likeness (QED) is 0.665. The maximum atomic E-state index is 8.58. The van der Waals surface area contributed by atoms with Crippen molar-refractivity contribution in [2.75, 3.05) is 12.4 Å². The van der Waals surface area contributed by atoms with Gasteiger partial charge in [-0.05, 0) is 18.1 Å². The normalized spacial score (nSPS) is 10.4. The molecule has 0 aliphatic rings. The summed E-state index contributed by atoms with van der Waals surface area (Å²) in [6.45, 7) is 8.19. The fourth-order valence-electron chi connectivity index (χ4n) is 0.485. The molecule has 0 saturated carbocycles. The molecular weight excluding hydrogens is 144 g/mol. The lowest BCUT2D eigenvalue weighted by Crippen LogP contribution is -1.91. The highest BCUT2D eigenvalue weighted by molar-refractivity contribution is 8.03. The molecule has 0 rings (SSSR count). The number of rotatable bonds is 5. The minimum absolute atomic E-state index is 0.114. The van der Waals surface area contributed by atoms with E-state index in [4.69, 9.17) is 5.11 Å². The number of aliphatic hydroxyl groups excluding tert-OH is 1. The predicted molar refractivity (Wildman–Crippen MR) is 48.1 cm³/mol. The lowest BCUT2D eigenvalue weighted by molar-refractivity contribution is 0.340. The monoisotopic (exact) mass is 160 g/mol. The van der Waals surface area contributed by atoms with Gasteiger partial charge in [-0.1, -0.05) is 20.4 Å². The van der Waals surface area contributed by atoms with Gasteiger partial charge in [-0.15, -0.1) is 11.8 Å². The Kier molecular flexibility index (Phi) is 5.84. The van der Waals surface area contributed by atoms with Gasteiger partial charge in [0.05, 0.1) is 6.61 Å². The molecule has 2 heteroatoms. The van der Waals surface area contributed by atoms with Crippen LogP contribution in [0, 0.1) is 5.92 Å². The SMILES string of the molecule is C=C(CO)SCCC(C)C. The van der Waals surface area contributed by atoms with Crippen molar-refractivity contribution in [1.82, 2.24) is 0 Å². The van der Waals surface area contributed by atoms with E-state index in [-0.39, 0.29) is 6.61 Å². The lowest BCUT2D eigenvalue weighted by atomic mass is 10.2. The molecule has 1 N–H and O–H groups in total. The number of thioether (sulfide) groups is 1. The van der Waals surface area contributed by atoms with Crippen molar-refractivity contribution >= 4 is 11.8 Å². The minimum Gasteiger partial charge on any atom is -0.391 e. The second-order valence-corrected chi connectivity index (χ2v) is 4.00. The average Bonchev–Trinajstić information content (AvgIpc) is 1.87. The van der Waals surface area contributed by atoms with E-state index in [1.165, 1.54) is 6.42 Å². The Labute approximate surface area is 67.5 Å². The van der Waals surface area contributed by atoms with Crippen molar-refractivity contribution in [1.29, 1.82) is 0 Å². The molecule has 0 aliphatic heterocycles. The summed E-state index contributed by atoms with van der Waals surface area (Å²) >= 11 is 1.66. The predicted octanol–water partition coefficient (Wildman–Crippen LogP) is 2.27. The van der Waals surface area contributed by atoms with E-state index in [2.05, 4.69) is 20.4 Å². The van der Waals surface area contributed by atoms with Gasteiger partial charge in [-0.3, -0.25) is 0 Å². The molecular formula is C8H16OS. The highest BCUT2D eigenvalue weighted by Gasteiger charge is 1.95. The van der Waals surface area contributed by atoms with Gasteiger partial charge in [-0.25, -0.2) is 0 Å². The Balaban J connectivity index is 3.12. The smallest absolute Gasteiger partial charge is 0.0734 e. The summed E-state index contributed by atoms with van der Waals surface area (Å²) in [5.41, 5.74) is 0. The van der Waals surface area contributed by atoms with E-state index in [1.807, 2.05) is 0 Å². The first-order valence-electron chi connectivity index (χ1n) is 3.58. The van der Waals surface area contributed by atoms with Crippen molar-refractivity contribution in [2.45, 2.75) is 20.3 Å². The van der Waals surface area contributed by atoms with Crippen LogP contribution in [0.2, 0.25) is 0 Å².